The Labute approximate surface area is 136 Å². The van der Waals surface area contributed by atoms with E-state index in [0.29, 0.717) is 18.0 Å². The maximum Gasteiger partial charge on any atom is 0.263 e. The lowest BCUT2D eigenvalue weighted by atomic mass is 10.2. The summed E-state index contributed by atoms with van der Waals surface area (Å²) < 4.78 is 10.9. The molecular weight excluding hydrogens is 292 g/mol. The molecule has 2 rings (SSSR count). The topological polar surface area (TPSA) is 51.7 Å². The fourth-order valence-electron chi connectivity index (χ4n) is 2.20. The summed E-state index contributed by atoms with van der Waals surface area (Å²) in [6, 6.07) is 11.1. The van der Waals surface area contributed by atoms with Crippen LogP contribution in [0.1, 0.15) is 12.5 Å². The number of rotatable bonds is 7. The van der Waals surface area contributed by atoms with Crippen molar-refractivity contribution in [1.82, 2.24) is 9.88 Å². The average Bonchev–Trinajstić information content (AvgIpc) is 2.60. The number of ether oxygens (including phenoxy) is 2. The number of amides is 1. The van der Waals surface area contributed by atoms with E-state index in [1.165, 1.54) is 0 Å². The molecular formula is C18H22N2O3. The highest BCUT2D eigenvalue weighted by atomic mass is 16.5. The Morgan fingerprint density at radius 2 is 1.91 bits per heavy atom. The minimum atomic E-state index is -0.551. The van der Waals surface area contributed by atoms with Gasteiger partial charge in [0.05, 0.1) is 7.11 Å². The van der Waals surface area contributed by atoms with E-state index >= 15 is 0 Å². The molecule has 0 fully saturated rings. The lowest BCUT2D eigenvalue weighted by molar-refractivity contribution is -0.136. The van der Waals surface area contributed by atoms with E-state index in [1.807, 2.05) is 30.3 Å². The summed E-state index contributed by atoms with van der Waals surface area (Å²) in [5.74, 6) is 1.27. The van der Waals surface area contributed by atoms with E-state index in [9.17, 15) is 4.79 Å². The van der Waals surface area contributed by atoms with Gasteiger partial charge in [0.25, 0.3) is 5.91 Å². The Balaban J connectivity index is 1.88. The summed E-state index contributed by atoms with van der Waals surface area (Å²) in [7, 11) is 3.38. The highest BCUT2D eigenvalue weighted by Gasteiger charge is 2.19. The first-order valence-corrected chi connectivity index (χ1v) is 7.54. The van der Waals surface area contributed by atoms with Gasteiger partial charge in [0.1, 0.15) is 11.5 Å². The maximum atomic E-state index is 12.4. The van der Waals surface area contributed by atoms with Crippen molar-refractivity contribution < 1.29 is 14.3 Å². The Morgan fingerprint density at radius 3 is 2.61 bits per heavy atom. The Morgan fingerprint density at radius 1 is 1.22 bits per heavy atom. The Hall–Kier alpha value is -2.56. The number of carbonyl (C=O) groups excluding carboxylic acids is 1. The second kappa shape index (κ2) is 8.17. The van der Waals surface area contributed by atoms with Gasteiger partial charge in [-0.2, -0.15) is 0 Å². The van der Waals surface area contributed by atoms with Crippen LogP contribution in [-0.4, -0.2) is 42.6 Å². The van der Waals surface area contributed by atoms with E-state index in [1.54, 1.807) is 44.4 Å². The number of carbonyl (C=O) groups is 1. The Bertz CT molecular complexity index is 631. The van der Waals surface area contributed by atoms with Crippen LogP contribution in [0.3, 0.4) is 0 Å². The number of nitrogens with zero attached hydrogens (tertiary/aromatic N) is 2. The van der Waals surface area contributed by atoms with E-state index in [0.717, 1.165) is 12.0 Å². The molecule has 1 unspecified atom stereocenters. The average molecular weight is 314 g/mol. The summed E-state index contributed by atoms with van der Waals surface area (Å²) in [5, 5.41) is 0. The van der Waals surface area contributed by atoms with Gasteiger partial charge in [-0.1, -0.05) is 6.07 Å². The van der Waals surface area contributed by atoms with E-state index in [4.69, 9.17) is 9.47 Å². The summed E-state index contributed by atoms with van der Waals surface area (Å²) >= 11 is 0. The number of likely N-dealkylation sites (N-methyl/N-ethyl adjacent to an activating group) is 1. The lowest BCUT2D eigenvalue weighted by Crippen LogP contribution is -2.39. The number of benzene rings is 1. The molecule has 0 radical (unpaired) electrons. The summed E-state index contributed by atoms with van der Waals surface area (Å²) in [5.41, 5.74) is 1.15. The van der Waals surface area contributed by atoms with Crippen molar-refractivity contribution >= 4 is 5.91 Å². The van der Waals surface area contributed by atoms with Gasteiger partial charge < -0.3 is 14.4 Å². The molecule has 23 heavy (non-hydrogen) atoms. The molecule has 5 heteroatoms. The molecule has 0 saturated heterocycles. The number of hydrogen-bond donors (Lipinski definition) is 0. The molecule has 1 aromatic carbocycles. The minimum Gasteiger partial charge on any atom is -0.497 e. The van der Waals surface area contributed by atoms with Gasteiger partial charge in [-0.3, -0.25) is 9.78 Å². The highest BCUT2D eigenvalue weighted by molar-refractivity contribution is 5.80. The fourth-order valence-corrected chi connectivity index (χ4v) is 2.20. The van der Waals surface area contributed by atoms with Crippen LogP contribution < -0.4 is 9.47 Å². The SMILES string of the molecule is COc1cccc(OC(C)C(=O)N(C)CCc2ccncc2)c1. The van der Waals surface area contributed by atoms with Gasteiger partial charge in [0.15, 0.2) is 6.10 Å². The predicted molar refractivity (Wildman–Crippen MR) is 88.7 cm³/mol. The third kappa shape index (κ3) is 4.98. The normalized spacial score (nSPS) is 11.6. The number of methoxy groups -OCH3 is 1. The van der Waals surface area contributed by atoms with Crippen molar-refractivity contribution in [1.29, 1.82) is 0 Å². The molecule has 0 N–H and O–H groups in total. The van der Waals surface area contributed by atoms with Gasteiger partial charge in [-0.05, 0) is 43.2 Å². The first kappa shape index (κ1) is 16.8. The van der Waals surface area contributed by atoms with Crippen LogP contribution in [0.4, 0.5) is 0 Å². The van der Waals surface area contributed by atoms with Crippen LogP contribution >= 0.6 is 0 Å². The van der Waals surface area contributed by atoms with Crippen LogP contribution in [0.2, 0.25) is 0 Å². The van der Waals surface area contributed by atoms with Crippen molar-refractivity contribution in [3.05, 3.63) is 54.4 Å². The van der Waals surface area contributed by atoms with Crippen LogP contribution in [0, 0.1) is 0 Å². The van der Waals surface area contributed by atoms with Crippen molar-refractivity contribution in [2.75, 3.05) is 20.7 Å². The molecule has 0 spiro atoms. The summed E-state index contributed by atoms with van der Waals surface area (Å²) in [6.07, 6.45) is 3.75. The highest BCUT2D eigenvalue weighted by Crippen LogP contribution is 2.20. The smallest absolute Gasteiger partial charge is 0.263 e. The number of hydrogen-bond acceptors (Lipinski definition) is 4. The van der Waals surface area contributed by atoms with Crippen molar-refractivity contribution in [2.24, 2.45) is 0 Å². The van der Waals surface area contributed by atoms with Crippen molar-refractivity contribution in [2.45, 2.75) is 19.4 Å². The number of aromatic nitrogens is 1. The predicted octanol–water partition coefficient (Wildman–Crippen LogP) is 2.56. The van der Waals surface area contributed by atoms with Crippen LogP contribution in [0.15, 0.2) is 48.8 Å². The van der Waals surface area contributed by atoms with E-state index < -0.39 is 6.10 Å². The summed E-state index contributed by atoms with van der Waals surface area (Å²) in [4.78, 5) is 18.1. The third-order valence-corrected chi connectivity index (χ3v) is 3.56. The molecule has 0 saturated carbocycles. The zero-order valence-electron chi connectivity index (χ0n) is 13.7. The van der Waals surface area contributed by atoms with Gasteiger partial charge in [-0.15, -0.1) is 0 Å². The molecule has 1 aromatic heterocycles. The monoisotopic (exact) mass is 314 g/mol. The maximum absolute atomic E-state index is 12.4. The molecule has 2 aromatic rings. The van der Waals surface area contributed by atoms with E-state index in [2.05, 4.69) is 4.98 Å². The zero-order chi connectivity index (χ0) is 16.7. The van der Waals surface area contributed by atoms with Crippen molar-refractivity contribution in [3.63, 3.8) is 0 Å². The molecule has 0 aliphatic rings. The first-order chi connectivity index (χ1) is 11.1. The van der Waals surface area contributed by atoms with Crippen LogP contribution in [0.5, 0.6) is 11.5 Å². The molecule has 1 amide bonds. The second-order valence-corrected chi connectivity index (χ2v) is 5.30. The van der Waals surface area contributed by atoms with Crippen molar-refractivity contribution in [3.8, 4) is 11.5 Å². The fraction of sp³-hybridized carbons (Fsp3) is 0.333. The standard InChI is InChI=1S/C18H22N2O3/c1-14(23-17-6-4-5-16(13-17)22-3)18(21)20(2)12-9-15-7-10-19-11-8-15/h4-8,10-11,13-14H,9,12H2,1-3H3. The van der Waals surface area contributed by atoms with Gasteiger partial charge >= 0.3 is 0 Å². The minimum absolute atomic E-state index is 0.0538. The molecule has 1 heterocycles. The molecule has 5 nitrogen and oxygen atoms in total. The van der Waals surface area contributed by atoms with Gasteiger partial charge in [0, 0.05) is 32.1 Å². The zero-order valence-corrected chi connectivity index (χ0v) is 13.7. The van der Waals surface area contributed by atoms with E-state index in [-0.39, 0.29) is 5.91 Å². The third-order valence-electron chi connectivity index (χ3n) is 3.56. The molecule has 0 aliphatic carbocycles. The Kier molecular flexibility index (Phi) is 5.97. The molecule has 0 bridgehead atoms. The van der Waals surface area contributed by atoms with Crippen LogP contribution in [0.25, 0.3) is 0 Å². The van der Waals surface area contributed by atoms with Gasteiger partial charge in [0.2, 0.25) is 0 Å². The second-order valence-electron chi connectivity index (χ2n) is 5.30. The summed E-state index contributed by atoms with van der Waals surface area (Å²) in [6.45, 7) is 2.39. The van der Waals surface area contributed by atoms with Crippen LogP contribution in [-0.2, 0) is 11.2 Å². The largest absolute Gasteiger partial charge is 0.497 e. The molecule has 122 valence electrons. The quantitative estimate of drug-likeness (QED) is 0.788. The lowest BCUT2D eigenvalue weighted by Gasteiger charge is -2.22. The first-order valence-electron chi connectivity index (χ1n) is 7.54. The number of pyridine rings is 1. The molecule has 0 aliphatic heterocycles. The van der Waals surface area contributed by atoms with Gasteiger partial charge in [-0.25, -0.2) is 0 Å². The molecule has 1 atom stereocenters.